The van der Waals surface area contributed by atoms with E-state index in [0.29, 0.717) is 19.3 Å². The van der Waals surface area contributed by atoms with Crippen molar-refractivity contribution in [1.82, 2.24) is 0 Å². The summed E-state index contributed by atoms with van der Waals surface area (Å²) in [5.74, 6) is -0.544. The second-order valence-electron chi connectivity index (χ2n) is 4.53. The average molecular weight is 278 g/mol. The van der Waals surface area contributed by atoms with Gasteiger partial charge in [-0.2, -0.15) is 0 Å². The van der Waals surface area contributed by atoms with E-state index in [0.717, 1.165) is 6.42 Å². The molecule has 0 N–H and O–H groups in total. The highest BCUT2D eigenvalue weighted by molar-refractivity contribution is 5.70. The Morgan fingerprint density at radius 3 is 2.30 bits per heavy atom. The lowest BCUT2D eigenvalue weighted by Crippen LogP contribution is -2.25. The van der Waals surface area contributed by atoms with Gasteiger partial charge in [-0.25, -0.2) is 0 Å². The van der Waals surface area contributed by atoms with Gasteiger partial charge < -0.3 is 9.47 Å². The quantitative estimate of drug-likeness (QED) is 0.686. The summed E-state index contributed by atoms with van der Waals surface area (Å²) in [5, 5.41) is 0. The lowest BCUT2D eigenvalue weighted by Gasteiger charge is -2.17. The molecule has 0 spiro atoms. The van der Waals surface area contributed by atoms with E-state index in [1.54, 1.807) is 13.8 Å². The summed E-state index contributed by atoms with van der Waals surface area (Å²) in [6.45, 7) is 3.61. The van der Waals surface area contributed by atoms with E-state index in [4.69, 9.17) is 9.47 Å². The van der Waals surface area contributed by atoms with Crippen molar-refractivity contribution in [1.29, 1.82) is 0 Å². The SMILES string of the molecule is CCC(=O)OCC(CCc1ccccc1)OC(=O)CC. The molecular weight excluding hydrogens is 256 g/mol. The van der Waals surface area contributed by atoms with Crippen LogP contribution in [0.5, 0.6) is 0 Å². The summed E-state index contributed by atoms with van der Waals surface area (Å²) in [5.41, 5.74) is 1.17. The summed E-state index contributed by atoms with van der Waals surface area (Å²) in [7, 11) is 0. The molecule has 110 valence electrons. The molecule has 0 aliphatic rings. The predicted octanol–water partition coefficient (Wildman–Crippen LogP) is 2.89. The molecular formula is C16H22O4. The van der Waals surface area contributed by atoms with Gasteiger partial charge in [0.15, 0.2) is 0 Å². The topological polar surface area (TPSA) is 52.6 Å². The van der Waals surface area contributed by atoms with Crippen LogP contribution in [0.1, 0.15) is 38.7 Å². The summed E-state index contributed by atoms with van der Waals surface area (Å²) in [6.07, 6.45) is 1.70. The molecule has 0 aliphatic carbocycles. The first-order valence-corrected chi connectivity index (χ1v) is 7.04. The monoisotopic (exact) mass is 278 g/mol. The molecule has 1 unspecified atom stereocenters. The van der Waals surface area contributed by atoms with Crippen LogP contribution in [0.2, 0.25) is 0 Å². The summed E-state index contributed by atoms with van der Waals surface area (Å²) in [6, 6.07) is 9.95. The van der Waals surface area contributed by atoms with Gasteiger partial charge in [0.2, 0.25) is 0 Å². The van der Waals surface area contributed by atoms with Crippen LogP contribution in [0.3, 0.4) is 0 Å². The van der Waals surface area contributed by atoms with E-state index >= 15 is 0 Å². The number of hydrogen-bond donors (Lipinski definition) is 0. The summed E-state index contributed by atoms with van der Waals surface area (Å²) in [4.78, 5) is 22.6. The third kappa shape index (κ3) is 6.36. The average Bonchev–Trinajstić information content (AvgIpc) is 2.50. The molecule has 20 heavy (non-hydrogen) atoms. The maximum atomic E-state index is 11.4. The van der Waals surface area contributed by atoms with Gasteiger partial charge in [-0.1, -0.05) is 44.2 Å². The van der Waals surface area contributed by atoms with Crippen LogP contribution in [0.15, 0.2) is 30.3 Å². The molecule has 0 bridgehead atoms. The first kappa shape index (κ1) is 16.2. The van der Waals surface area contributed by atoms with Gasteiger partial charge >= 0.3 is 11.9 Å². The highest BCUT2D eigenvalue weighted by atomic mass is 16.6. The normalized spacial score (nSPS) is 11.7. The van der Waals surface area contributed by atoms with Gasteiger partial charge in [0.05, 0.1) is 0 Å². The Kier molecular flexibility index (Phi) is 7.40. The van der Waals surface area contributed by atoms with E-state index < -0.39 is 0 Å². The fraction of sp³-hybridized carbons (Fsp3) is 0.500. The van der Waals surface area contributed by atoms with Crippen molar-refractivity contribution in [2.45, 2.75) is 45.6 Å². The summed E-state index contributed by atoms with van der Waals surface area (Å²) < 4.78 is 10.4. The van der Waals surface area contributed by atoms with E-state index in [1.165, 1.54) is 5.56 Å². The van der Waals surface area contributed by atoms with Crippen molar-refractivity contribution in [3.05, 3.63) is 35.9 Å². The smallest absolute Gasteiger partial charge is 0.305 e. The first-order valence-electron chi connectivity index (χ1n) is 7.04. The second kappa shape index (κ2) is 9.13. The van der Waals surface area contributed by atoms with Crippen molar-refractivity contribution in [2.24, 2.45) is 0 Å². The van der Waals surface area contributed by atoms with Crippen LogP contribution in [0.4, 0.5) is 0 Å². The van der Waals surface area contributed by atoms with Gasteiger partial charge in [0, 0.05) is 12.8 Å². The van der Waals surface area contributed by atoms with Crippen molar-refractivity contribution in [3.63, 3.8) is 0 Å². The van der Waals surface area contributed by atoms with Crippen LogP contribution < -0.4 is 0 Å². The number of aryl methyl sites for hydroxylation is 1. The first-order chi connectivity index (χ1) is 9.65. The molecule has 0 saturated carbocycles. The largest absolute Gasteiger partial charge is 0.462 e. The van der Waals surface area contributed by atoms with E-state index in [-0.39, 0.29) is 24.6 Å². The molecule has 0 fully saturated rings. The molecule has 1 aromatic rings. The standard InChI is InChI=1S/C16H22O4/c1-3-15(17)19-12-14(20-16(18)4-2)11-10-13-8-6-5-7-9-13/h5-9,14H,3-4,10-12H2,1-2H3. The minimum absolute atomic E-state index is 0.130. The fourth-order valence-electron chi connectivity index (χ4n) is 1.71. The van der Waals surface area contributed by atoms with Gasteiger partial charge in [-0.05, 0) is 18.4 Å². The highest BCUT2D eigenvalue weighted by Crippen LogP contribution is 2.09. The molecule has 0 radical (unpaired) electrons. The molecule has 0 heterocycles. The number of esters is 2. The van der Waals surface area contributed by atoms with Crippen LogP contribution in [0.25, 0.3) is 0 Å². The molecule has 0 saturated heterocycles. The zero-order valence-corrected chi connectivity index (χ0v) is 12.1. The molecule has 4 nitrogen and oxygen atoms in total. The number of rotatable bonds is 8. The molecule has 1 aromatic carbocycles. The Morgan fingerprint density at radius 1 is 1.05 bits per heavy atom. The zero-order valence-electron chi connectivity index (χ0n) is 12.1. The van der Waals surface area contributed by atoms with E-state index in [2.05, 4.69) is 0 Å². The van der Waals surface area contributed by atoms with E-state index in [1.807, 2.05) is 30.3 Å². The van der Waals surface area contributed by atoms with Crippen molar-refractivity contribution >= 4 is 11.9 Å². The number of hydrogen-bond acceptors (Lipinski definition) is 4. The molecule has 1 rings (SSSR count). The van der Waals surface area contributed by atoms with Gasteiger partial charge in [-0.15, -0.1) is 0 Å². The Labute approximate surface area is 120 Å². The molecule has 4 heteroatoms. The predicted molar refractivity (Wildman–Crippen MR) is 76.2 cm³/mol. The maximum absolute atomic E-state index is 11.4. The number of carbonyl (C=O) groups excluding carboxylic acids is 2. The van der Waals surface area contributed by atoms with Crippen LogP contribution in [0, 0.1) is 0 Å². The summed E-state index contributed by atoms with van der Waals surface area (Å²) >= 11 is 0. The Hall–Kier alpha value is -1.84. The number of ether oxygens (including phenoxy) is 2. The van der Waals surface area contributed by atoms with Crippen molar-refractivity contribution in [3.8, 4) is 0 Å². The van der Waals surface area contributed by atoms with Crippen LogP contribution in [-0.4, -0.2) is 24.6 Å². The maximum Gasteiger partial charge on any atom is 0.305 e. The van der Waals surface area contributed by atoms with Crippen molar-refractivity contribution in [2.75, 3.05) is 6.61 Å². The van der Waals surface area contributed by atoms with E-state index in [9.17, 15) is 9.59 Å². The molecule has 0 aromatic heterocycles. The van der Waals surface area contributed by atoms with Crippen LogP contribution in [-0.2, 0) is 25.5 Å². The lowest BCUT2D eigenvalue weighted by molar-refractivity contribution is -0.159. The minimum Gasteiger partial charge on any atom is -0.462 e. The van der Waals surface area contributed by atoms with Gasteiger partial charge in [0.25, 0.3) is 0 Å². The molecule has 0 aliphatic heterocycles. The number of carbonyl (C=O) groups is 2. The zero-order chi connectivity index (χ0) is 14.8. The third-order valence-corrected chi connectivity index (χ3v) is 2.90. The highest BCUT2D eigenvalue weighted by Gasteiger charge is 2.15. The Bertz CT molecular complexity index is 414. The molecule has 1 atom stereocenters. The molecule has 0 amide bonds. The Balaban J connectivity index is 2.48. The van der Waals surface area contributed by atoms with Gasteiger partial charge in [0.1, 0.15) is 12.7 Å². The van der Waals surface area contributed by atoms with Crippen molar-refractivity contribution < 1.29 is 19.1 Å². The number of benzene rings is 1. The second-order valence-corrected chi connectivity index (χ2v) is 4.53. The lowest BCUT2D eigenvalue weighted by atomic mass is 10.1. The Morgan fingerprint density at radius 2 is 1.70 bits per heavy atom. The third-order valence-electron chi connectivity index (χ3n) is 2.90. The fourth-order valence-corrected chi connectivity index (χ4v) is 1.71. The minimum atomic E-state index is -0.377. The van der Waals surface area contributed by atoms with Gasteiger partial charge in [-0.3, -0.25) is 9.59 Å². The van der Waals surface area contributed by atoms with Crippen LogP contribution >= 0.6 is 0 Å².